The normalized spacial score (nSPS) is 21.3. The Balaban J connectivity index is 1.82. The summed E-state index contributed by atoms with van der Waals surface area (Å²) in [4.78, 5) is 18.8. The van der Waals surface area contributed by atoms with Gasteiger partial charge in [0, 0.05) is 22.5 Å². The molecule has 120 valence electrons. The second kappa shape index (κ2) is 6.69. The van der Waals surface area contributed by atoms with Crippen LogP contribution in [0.3, 0.4) is 0 Å². The number of rotatable bonds is 2. The first-order chi connectivity index (χ1) is 11.1. The van der Waals surface area contributed by atoms with Gasteiger partial charge in [0.1, 0.15) is 6.10 Å². The van der Waals surface area contributed by atoms with Gasteiger partial charge in [-0.25, -0.2) is 0 Å². The fourth-order valence-corrected chi connectivity index (χ4v) is 2.98. The molecule has 1 amide bonds. The monoisotopic (exact) mass is 330 g/mol. The summed E-state index contributed by atoms with van der Waals surface area (Å²) in [5.41, 5.74) is 2.41. The lowest BCUT2D eigenvalue weighted by atomic mass is 10.0. The summed E-state index contributed by atoms with van der Waals surface area (Å²) in [5.74, 6) is -0.0228. The molecule has 0 N–H and O–H groups in total. The van der Waals surface area contributed by atoms with Crippen LogP contribution >= 0.6 is 11.6 Å². The van der Waals surface area contributed by atoms with Crippen LogP contribution in [0.4, 0.5) is 0 Å². The Bertz CT molecular complexity index is 702. The summed E-state index contributed by atoms with van der Waals surface area (Å²) in [6, 6.07) is 11.3. The lowest BCUT2D eigenvalue weighted by molar-refractivity contribution is -0.0486. The zero-order valence-electron chi connectivity index (χ0n) is 13.2. The van der Waals surface area contributed by atoms with E-state index in [1.807, 2.05) is 55.1 Å². The lowest BCUT2D eigenvalue weighted by Gasteiger charge is -2.38. The van der Waals surface area contributed by atoms with Crippen molar-refractivity contribution in [1.29, 1.82) is 0 Å². The number of carbonyl (C=O) groups excluding carboxylic acids is 1. The highest BCUT2D eigenvalue weighted by Gasteiger charge is 2.31. The van der Waals surface area contributed by atoms with E-state index in [0.717, 1.165) is 11.3 Å². The van der Waals surface area contributed by atoms with E-state index in [1.165, 1.54) is 0 Å². The smallest absolute Gasteiger partial charge is 0.255 e. The van der Waals surface area contributed by atoms with Crippen LogP contribution in [0.15, 0.2) is 42.6 Å². The summed E-state index contributed by atoms with van der Waals surface area (Å²) >= 11 is 6.26. The van der Waals surface area contributed by atoms with Gasteiger partial charge in [-0.2, -0.15) is 0 Å². The molecule has 2 heterocycles. The molecule has 1 saturated heterocycles. The van der Waals surface area contributed by atoms with Crippen LogP contribution < -0.4 is 0 Å². The average molecular weight is 331 g/mol. The van der Waals surface area contributed by atoms with E-state index in [0.29, 0.717) is 23.7 Å². The van der Waals surface area contributed by atoms with Gasteiger partial charge in [-0.05, 0) is 32.0 Å². The molecule has 0 radical (unpaired) electrons. The van der Waals surface area contributed by atoms with E-state index in [2.05, 4.69) is 4.98 Å². The maximum absolute atomic E-state index is 12.8. The molecule has 23 heavy (non-hydrogen) atoms. The van der Waals surface area contributed by atoms with Crippen LogP contribution in [-0.2, 0) is 4.74 Å². The lowest BCUT2D eigenvalue weighted by Crippen LogP contribution is -2.48. The van der Waals surface area contributed by atoms with Gasteiger partial charge in [-0.1, -0.05) is 29.8 Å². The molecule has 0 bridgehead atoms. The van der Waals surface area contributed by atoms with Gasteiger partial charge in [-0.15, -0.1) is 0 Å². The van der Waals surface area contributed by atoms with E-state index < -0.39 is 0 Å². The highest BCUT2D eigenvalue weighted by atomic mass is 35.5. The van der Waals surface area contributed by atoms with Crippen molar-refractivity contribution >= 4 is 17.5 Å². The Morgan fingerprint density at radius 1 is 1.30 bits per heavy atom. The molecule has 0 saturated carbocycles. The van der Waals surface area contributed by atoms with Crippen molar-refractivity contribution in [2.75, 3.05) is 13.2 Å². The topological polar surface area (TPSA) is 42.4 Å². The van der Waals surface area contributed by atoms with Crippen molar-refractivity contribution < 1.29 is 9.53 Å². The number of nitrogens with zero attached hydrogens (tertiary/aromatic N) is 2. The molecule has 3 rings (SSSR count). The summed E-state index contributed by atoms with van der Waals surface area (Å²) in [6.07, 6.45) is 1.42. The third-order valence-electron chi connectivity index (χ3n) is 4.10. The third-order valence-corrected chi connectivity index (χ3v) is 4.45. The Labute approximate surface area is 141 Å². The van der Waals surface area contributed by atoms with E-state index in [9.17, 15) is 4.79 Å². The largest absolute Gasteiger partial charge is 0.369 e. The molecule has 0 aliphatic carbocycles. The minimum atomic E-state index is -0.206. The summed E-state index contributed by atoms with van der Waals surface area (Å²) in [7, 11) is 0. The first kappa shape index (κ1) is 16.0. The minimum absolute atomic E-state index is 0.0162. The Kier molecular flexibility index (Phi) is 4.64. The summed E-state index contributed by atoms with van der Waals surface area (Å²) in [5, 5.41) is 0.663. The van der Waals surface area contributed by atoms with Crippen LogP contribution in [0, 0.1) is 6.92 Å². The van der Waals surface area contributed by atoms with Gasteiger partial charge in [0.2, 0.25) is 0 Å². The first-order valence-electron chi connectivity index (χ1n) is 7.66. The van der Waals surface area contributed by atoms with E-state index in [-0.39, 0.29) is 18.1 Å². The molecule has 1 aromatic carbocycles. The Morgan fingerprint density at radius 3 is 2.78 bits per heavy atom. The predicted octanol–water partition coefficient (Wildman–Crippen LogP) is 3.65. The van der Waals surface area contributed by atoms with Gasteiger partial charge in [-0.3, -0.25) is 9.78 Å². The van der Waals surface area contributed by atoms with Crippen molar-refractivity contribution in [3.8, 4) is 0 Å². The number of benzene rings is 1. The number of aryl methyl sites for hydroxylation is 1. The number of morpholine rings is 1. The van der Waals surface area contributed by atoms with Crippen LogP contribution in [0.1, 0.15) is 34.6 Å². The van der Waals surface area contributed by atoms with Crippen molar-refractivity contribution in [2.24, 2.45) is 0 Å². The number of carbonyl (C=O) groups is 1. The molecular weight excluding hydrogens is 312 g/mol. The Hall–Kier alpha value is -1.91. The molecule has 1 aliphatic rings. The summed E-state index contributed by atoms with van der Waals surface area (Å²) in [6.45, 7) is 4.86. The molecule has 1 aliphatic heterocycles. The van der Waals surface area contributed by atoms with Crippen LogP contribution in [0.25, 0.3) is 0 Å². The summed E-state index contributed by atoms with van der Waals surface area (Å²) < 4.78 is 5.90. The van der Waals surface area contributed by atoms with E-state index in [4.69, 9.17) is 16.3 Å². The van der Waals surface area contributed by atoms with Gasteiger partial charge in [0.25, 0.3) is 5.91 Å². The van der Waals surface area contributed by atoms with Gasteiger partial charge >= 0.3 is 0 Å². The van der Waals surface area contributed by atoms with Gasteiger partial charge in [0.15, 0.2) is 0 Å². The fourth-order valence-electron chi connectivity index (χ4n) is 2.72. The quantitative estimate of drug-likeness (QED) is 0.844. The van der Waals surface area contributed by atoms with Gasteiger partial charge in [0.05, 0.1) is 24.8 Å². The number of halogens is 1. The van der Waals surface area contributed by atoms with E-state index >= 15 is 0 Å². The third kappa shape index (κ3) is 3.38. The fraction of sp³-hybridized carbons (Fsp3) is 0.333. The average Bonchev–Trinajstić information content (AvgIpc) is 2.56. The van der Waals surface area contributed by atoms with Crippen molar-refractivity contribution in [2.45, 2.75) is 26.0 Å². The van der Waals surface area contributed by atoms with Crippen LogP contribution in [0.2, 0.25) is 5.02 Å². The molecule has 1 aromatic heterocycles. The second-order valence-electron chi connectivity index (χ2n) is 5.84. The SMILES string of the molecule is Cc1ccc(C(=O)N2C[C@H](c3ccccc3Cl)OC[C@H]2C)cn1. The van der Waals surface area contributed by atoms with Crippen LogP contribution in [-0.4, -0.2) is 35.0 Å². The number of aromatic nitrogens is 1. The first-order valence-corrected chi connectivity index (χ1v) is 8.03. The second-order valence-corrected chi connectivity index (χ2v) is 6.25. The minimum Gasteiger partial charge on any atom is -0.369 e. The van der Waals surface area contributed by atoms with E-state index in [1.54, 1.807) is 6.20 Å². The maximum atomic E-state index is 12.8. The molecule has 2 aromatic rings. The van der Waals surface area contributed by atoms with Crippen molar-refractivity contribution in [1.82, 2.24) is 9.88 Å². The highest BCUT2D eigenvalue weighted by Crippen LogP contribution is 2.30. The number of hydrogen-bond acceptors (Lipinski definition) is 3. The maximum Gasteiger partial charge on any atom is 0.255 e. The van der Waals surface area contributed by atoms with Crippen molar-refractivity contribution in [3.63, 3.8) is 0 Å². The number of ether oxygens (including phenoxy) is 1. The molecule has 4 nitrogen and oxygen atoms in total. The molecule has 5 heteroatoms. The van der Waals surface area contributed by atoms with Crippen LogP contribution in [0.5, 0.6) is 0 Å². The predicted molar refractivity (Wildman–Crippen MR) is 89.6 cm³/mol. The number of amides is 1. The standard InChI is InChI=1S/C18H19ClN2O2/c1-12-7-8-14(9-20-12)18(22)21-10-17(23-11-13(21)2)15-5-3-4-6-16(15)19/h3-9,13,17H,10-11H2,1-2H3/t13-,17-/m1/s1. The number of pyridine rings is 1. The molecular formula is C18H19ClN2O2. The van der Waals surface area contributed by atoms with Gasteiger partial charge < -0.3 is 9.64 Å². The highest BCUT2D eigenvalue weighted by molar-refractivity contribution is 6.31. The molecule has 0 unspecified atom stereocenters. The number of hydrogen-bond donors (Lipinski definition) is 0. The van der Waals surface area contributed by atoms with Crippen molar-refractivity contribution in [3.05, 3.63) is 64.4 Å². The zero-order chi connectivity index (χ0) is 16.4. The zero-order valence-corrected chi connectivity index (χ0v) is 14.0. The molecule has 0 spiro atoms. The molecule has 1 fully saturated rings. The molecule has 2 atom stereocenters. The Morgan fingerprint density at radius 2 is 2.09 bits per heavy atom.